The molecule has 0 aromatic heterocycles. The van der Waals surface area contributed by atoms with E-state index < -0.39 is 11.1 Å². The number of nitrogens with one attached hydrogen (secondary N) is 1. The van der Waals surface area contributed by atoms with Crippen LogP contribution in [0.3, 0.4) is 0 Å². The average Bonchev–Trinajstić information content (AvgIpc) is 2.43. The molecule has 144 valence electrons. The van der Waals surface area contributed by atoms with Crippen molar-refractivity contribution in [3.8, 4) is 0 Å². The first-order chi connectivity index (χ1) is 11.4. The van der Waals surface area contributed by atoms with E-state index in [1.807, 2.05) is 53.6 Å². The Bertz CT molecular complexity index is 495. The van der Waals surface area contributed by atoms with Crippen LogP contribution in [0.5, 0.6) is 0 Å². The molecule has 1 heterocycles. The second kappa shape index (κ2) is 8.67. The smallest absolute Gasteiger partial charge is 0.410 e. The monoisotopic (exact) mass is 355 g/mol. The molecule has 1 aliphatic heterocycles. The number of ether oxygens (including phenoxy) is 2. The summed E-state index contributed by atoms with van der Waals surface area (Å²) in [4.78, 5) is 27.9. The molecule has 7 nitrogen and oxygen atoms in total. The number of amides is 2. The summed E-state index contributed by atoms with van der Waals surface area (Å²) < 4.78 is 11.3. The summed E-state index contributed by atoms with van der Waals surface area (Å²) >= 11 is 0. The van der Waals surface area contributed by atoms with Gasteiger partial charge in [0.2, 0.25) is 5.91 Å². The highest BCUT2D eigenvalue weighted by molar-refractivity contribution is 5.87. The van der Waals surface area contributed by atoms with E-state index in [2.05, 4.69) is 5.32 Å². The highest BCUT2D eigenvalue weighted by atomic mass is 16.6. The lowest BCUT2D eigenvalue weighted by atomic mass is 10.0. The topological polar surface area (TPSA) is 71.1 Å². The Kier molecular flexibility index (Phi) is 7.44. The van der Waals surface area contributed by atoms with Crippen LogP contribution in [0.25, 0.3) is 0 Å². The molecule has 1 fully saturated rings. The van der Waals surface area contributed by atoms with Gasteiger partial charge < -0.3 is 19.7 Å². The van der Waals surface area contributed by atoms with Gasteiger partial charge in [-0.05, 0) is 48.7 Å². The average molecular weight is 355 g/mol. The molecule has 0 bridgehead atoms. The van der Waals surface area contributed by atoms with E-state index in [4.69, 9.17) is 9.47 Å². The second-order valence-electron chi connectivity index (χ2n) is 8.25. The third-order valence-corrected chi connectivity index (χ3v) is 3.65. The Balaban J connectivity index is 2.56. The number of hydrogen-bond donors (Lipinski definition) is 1. The minimum Gasteiger partial charge on any atom is -0.444 e. The van der Waals surface area contributed by atoms with E-state index in [-0.39, 0.29) is 18.1 Å². The molecular weight excluding hydrogens is 322 g/mol. The van der Waals surface area contributed by atoms with Crippen molar-refractivity contribution in [1.29, 1.82) is 0 Å². The van der Waals surface area contributed by atoms with E-state index >= 15 is 0 Å². The molecule has 0 aromatic rings. The van der Waals surface area contributed by atoms with Gasteiger partial charge in [-0.1, -0.05) is 6.08 Å². The van der Waals surface area contributed by atoms with Crippen molar-refractivity contribution in [2.24, 2.45) is 0 Å². The summed E-state index contributed by atoms with van der Waals surface area (Å²) in [6, 6.07) is 0. The molecule has 2 amide bonds. The van der Waals surface area contributed by atoms with E-state index in [0.717, 1.165) is 0 Å². The Morgan fingerprint density at radius 1 is 1.36 bits per heavy atom. The first kappa shape index (κ1) is 21.4. The molecular formula is C18H33N3O4. The third-order valence-electron chi connectivity index (χ3n) is 3.65. The zero-order chi connectivity index (χ0) is 19.3. The molecule has 7 heteroatoms. The van der Waals surface area contributed by atoms with E-state index in [1.165, 1.54) is 6.08 Å². The molecule has 25 heavy (non-hydrogen) atoms. The molecule has 1 rings (SSSR count). The van der Waals surface area contributed by atoms with Crippen LogP contribution in [0.4, 0.5) is 4.79 Å². The van der Waals surface area contributed by atoms with Crippen molar-refractivity contribution in [2.75, 3.05) is 40.3 Å². The first-order valence-electron chi connectivity index (χ1n) is 8.62. The lowest BCUT2D eigenvalue weighted by Crippen LogP contribution is -2.60. The predicted molar refractivity (Wildman–Crippen MR) is 97.5 cm³/mol. The van der Waals surface area contributed by atoms with Crippen molar-refractivity contribution in [3.05, 3.63) is 12.2 Å². The predicted octanol–water partition coefficient (Wildman–Crippen LogP) is 1.63. The van der Waals surface area contributed by atoms with Crippen molar-refractivity contribution in [2.45, 2.75) is 51.9 Å². The minimum atomic E-state index is -0.549. The number of morpholine rings is 1. The van der Waals surface area contributed by atoms with Gasteiger partial charge in [-0.15, -0.1) is 0 Å². The Morgan fingerprint density at radius 3 is 2.56 bits per heavy atom. The molecule has 0 spiro atoms. The molecule has 1 unspecified atom stereocenters. The fourth-order valence-electron chi connectivity index (χ4n) is 2.31. The van der Waals surface area contributed by atoms with E-state index in [1.54, 1.807) is 11.0 Å². The van der Waals surface area contributed by atoms with Crippen LogP contribution in [0.15, 0.2) is 12.2 Å². The quantitative estimate of drug-likeness (QED) is 0.759. The summed E-state index contributed by atoms with van der Waals surface area (Å²) in [7, 11) is 3.87. The SMILES string of the molecule is CN(C)C/C=C/C(=O)NCC1CN(C(=O)OC(C)(C)C)C(C)(C)CO1. The van der Waals surface area contributed by atoms with Gasteiger partial charge in [-0.25, -0.2) is 4.79 Å². The van der Waals surface area contributed by atoms with Gasteiger partial charge in [-0.2, -0.15) is 0 Å². The maximum atomic E-state index is 12.5. The van der Waals surface area contributed by atoms with Crippen LogP contribution in [0.2, 0.25) is 0 Å². The van der Waals surface area contributed by atoms with Gasteiger partial charge in [0.05, 0.1) is 24.8 Å². The maximum absolute atomic E-state index is 12.5. The normalized spacial score (nSPS) is 20.8. The number of carbonyl (C=O) groups excluding carboxylic acids is 2. The fourth-order valence-corrected chi connectivity index (χ4v) is 2.31. The molecule has 0 aliphatic carbocycles. The number of likely N-dealkylation sites (N-methyl/N-ethyl adjacent to an activating group) is 1. The summed E-state index contributed by atoms with van der Waals surface area (Å²) in [6.45, 7) is 11.2. The van der Waals surface area contributed by atoms with Crippen LogP contribution in [0.1, 0.15) is 34.6 Å². The lowest BCUT2D eigenvalue weighted by Gasteiger charge is -2.45. The molecule has 1 atom stereocenters. The van der Waals surface area contributed by atoms with Gasteiger partial charge >= 0.3 is 6.09 Å². The van der Waals surface area contributed by atoms with E-state index in [9.17, 15) is 9.59 Å². The van der Waals surface area contributed by atoms with Crippen LogP contribution in [-0.4, -0.2) is 79.4 Å². The molecule has 0 aromatic carbocycles. The Labute approximate surface area is 151 Å². The van der Waals surface area contributed by atoms with Crippen LogP contribution >= 0.6 is 0 Å². The summed E-state index contributed by atoms with van der Waals surface area (Å²) in [6.07, 6.45) is 2.70. The summed E-state index contributed by atoms with van der Waals surface area (Å²) in [5.41, 5.74) is -0.999. The number of rotatable bonds is 5. The van der Waals surface area contributed by atoms with Crippen molar-refractivity contribution >= 4 is 12.0 Å². The molecule has 1 saturated heterocycles. The standard InChI is InChI=1S/C18H33N3O4/c1-17(2,3)25-16(23)21-12-14(24-13-18(21,4)5)11-19-15(22)9-8-10-20(6)7/h8-9,14H,10-13H2,1-7H3,(H,19,22)/b9-8+. The van der Waals surface area contributed by atoms with E-state index in [0.29, 0.717) is 26.2 Å². The maximum Gasteiger partial charge on any atom is 0.410 e. The van der Waals surface area contributed by atoms with Gasteiger partial charge in [0, 0.05) is 19.2 Å². The first-order valence-corrected chi connectivity index (χ1v) is 8.62. The van der Waals surface area contributed by atoms with Crippen molar-refractivity contribution in [3.63, 3.8) is 0 Å². The third kappa shape index (κ3) is 7.88. The second-order valence-corrected chi connectivity index (χ2v) is 8.25. The van der Waals surface area contributed by atoms with Gasteiger partial charge in [0.25, 0.3) is 0 Å². The molecule has 0 radical (unpaired) electrons. The molecule has 1 aliphatic rings. The van der Waals surface area contributed by atoms with Gasteiger partial charge in [0.1, 0.15) is 5.60 Å². The fraction of sp³-hybridized carbons (Fsp3) is 0.778. The zero-order valence-corrected chi connectivity index (χ0v) is 16.6. The van der Waals surface area contributed by atoms with Crippen molar-refractivity contribution in [1.82, 2.24) is 15.1 Å². The number of carbonyl (C=O) groups is 2. The number of nitrogens with zero attached hydrogens (tertiary/aromatic N) is 2. The summed E-state index contributed by atoms with van der Waals surface area (Å²) in [5, 5.41) is 2.81. The van der Waals surface area contributed by atoms with Crippen LogP contribution in [-0.2, 0) is 14.3 Å². The zero-order valence-electron chi connectivity index (χ0n) is 16.6. The highest BCUT2D eigenvalue weighted by Crippen LogP contribution is 2.24. The summed E-state index contributed by atoms with van der Waals surface area (Å²) in [5.74, 6) is -0.167. The van der Waals surface area contributed by atoms with Crippen LogP contribution in [0, 0.1) is 0 Å². The minimum absolute atomic E-state index is 0.167. The van der Waals surface area contributed by atoms with Gasteiger partial charge in [0.15, 0.2) is 0 Å². The van der Waals surface area contributed by atoms with Crippen molar-refractivity contribution < 1.29 is 19.1 Å². The van der Waals surface area contributed by atoms with Crippen LogP contribution < -0.4 is 5.32 Å². The Hall–Kier alpha value is -1.60. The highest BCUT2D eigenvalue weighted by Gasteiger charge is 2.40. The largest absolute Gasteiger partial charge is 0.444 e. The van der Waals surface area contributed by atoms with Gasteiger partial charge in [-0.3, -0.25) is 9.69 Å². The molecule has 1 N–H and O–H groups in total. The Morgan fingerprint density at radius 2 is 2.00 bits per heavy atom. The number of hydrogen-bond acceptors (Lipinski definition) is 5. The lowest BCUT2D eigenvalue weighted by molar-refractivity contribution is -0.119. The molecule has 0 saturated carbocycles.